The summed E-state index contributed by atoms with van der Waals surface area (Å²) in [5, 5.41) is 12.1. The lowest BCUT2D eigenvalue weighted by atomic mass is 10.0. The van der Waals surface area contributed by atoms with Crippen LogP contribution in [0.5, 0.6) is 0 Å². The first-order valence-corrected chi connectivity index (χ1v) is 8.20. The van der Waals surface area contributed by atoms with Crippen molar-refractivity contribution < 1.29 is 14.7 Å². The average Bonchev–Trinajstić information content (AvgIpc) is 2.44. The predicted molar refractivity (Wildman–Crippen MR) is 85.8 cm³/mol. The van der Waals surface area contributed by atoms with Crippen molar-refractivity contribution in [2.24, 2.45) is 5.92 Å². The number of halogens is 1. The molecule has 116 valence electrons. The van der Waals surface area contributed by atoms with Gasteiger partial charge in [0.05, 0.1) is 5.75 Å². The van der Waals surface area contributed by atoms with Crippen LogP contribution >= 0.6 is 23.4 Å². The van der Waals surface area contributed by atoms with Crippen LogP contribution in [0.3, 0.4) is 0 Å². The number of thioether (sulfide) groups is 1. The second-order valence-corrected chi connectivity index (χ2v) is 6.40. The van der Waals surface area contributed by atoms with Crippen molar-refractivity contribution in [2.45, 2.75) is 31.1 Å². The van der Waals surface area contributed by atoms with E-state index in [1.807, 2.05) is 19.1 Å². The number of carbonyl (C=O) groups is 2. The fraction of sp³-hybridized carbons (Fsp3) is 0.467. The number of benzene rings is 1. The van der Waals surface area contributed by atoms with Gasteiger partial charge in [-0.05, 0) is 43.0 Å². The van der Waals surface area contributed by atoms with Crippen molar-refractivity contribution in [1.29, 1.82) is 0 Å². The molecule has 0 aliphatic heterocycles. The van der Waals surface area contributed by atoms with E-state index in [2.05, 4.69) is 5.32 Å². The van der Waals surface area contributed by atoms with Gasteiger partial charge in [0.15, 0.2) is 0 Å². The van der Waals surface area contributed by atoms with Crippen molar-refractivity contribution in [3.63, 3.8) is 0 Å². The zero-order chi connectivity index (χ0) is 15.7. The van der Waals surface area contributed by atoms with Crippen LogP contribution in [0.25, 0.3) is 0 Å². The number of hydrogen-bond donors (Lipinski definition) is 2. The Balaban J connectivity index is 2.13. The first-order valence-electron chi connectivity index (χ1n) is 6.84. The number of amides is 1. The van der Waals surface area contributed by atoms with Crippen LogP contribution < -0.4 is 5.32 Å². The molecule has 1 aromatic carbocycles. The van der Waals surface area contributed by atoms with Gasteiger partial charge in [-0.2, -0.15) is 0 Å². The lowest BCUT2D eigenvalue weighted by Crippen LogP contribution is -2.27. The highest BCUT2D eigenvalue weighted by molar-refractivity contribution is 8.00. The van der Waals surface area contributed by atoms with Gasteiger partial charge >= 0.3 is 5.97 Å². The molecule has 1 amide bonds. The molecule has 0 aromatic heterocycles. The molecule has 0 aliphatic rings. The van der Waals surface area contributed by atoms with Gasteiger partial charge in [0.1, 0.15) is 0 Å². The summed E-state index contributed by atoms with van der Waals surface area (Å²) in [6, 6.07) is 7.36. The molecule has 0 spiro atoms. The number of nitrogens with one attached hydrogen (secondary N) is 1. The van der Waals surface area contributed by atoms with E-state index in [1.54, 1.807) is 12.1 Å². The Morgan fingerprint density at radius 1 is 1.29 bits per heavy atom. The quantitative estimate of drug-likeness (QED) is 0.681. The molecule has 6 heteroatoms. The molecule has 0 fully saturated rings. The van der Waals surface area contributed by atoms with E-state index in [0.717, 1.165) is 11.3 Å². The molecule has 0 bridgehead atoms. The van der Waals surface area contributed by atoms with E-state index >= 15 is 0 Å². The summed E-state index contributed by atoms with van der Waals surface area (Å²) < 4.78 is 0. The van der Waals surface area contributed by atoms with E-state index in [9.17, 15) is 9.59 Å². The zero-order valence-corrected chi connectivity index (χ0v) is 13.5. The third-order valence-electron chi connectivity index (χ3n) is 2.99. The molecule has 0 saturated carbocycles. The molecule has 0 heterocycles. The Bertz CT molecular complexity index is 464. The SMILES string of the molecule is CC(CCNC(=O)CSc1ccc(Cl)cc1)CCC(=O)O. The summed E-state index contributed by atoms with van der Waals surface area (Å²) in [5.74, 6) is -0.124. The van der Waals surface area contributed by atoms with E-state index in [-0.39, 0.29) is 12.3 Å². The predicted octanol–water partition coefficient (Wildman–Crippen LogP) is 3.44. The fourth-order valence-electron chi connectivity index (χ4n) is 1.70. The summed E-state index contributed by atoms with van der Waals surface area (Å²) in [5.41, 5.74) is 0. The minimum Gasteiger partial charge on any atom is -0.481 e. The van der Waals surface area contributed by atoms with Crippen molar-refractivity contribution in [3.8, 4) is 0 Å². The van der Waals surface area contributed by atoms with Gasteiger partial charge in [-0.3, -0.25) is 9.59 Å². The lowest BCUT2D eigenvalue weighted by Gasteiger charge is -2.10. The van der Waals surface area contributed by atoms with Gasteiger partial charge in [0.25, 0.3) is 0 Å². The monoisotopic (exact) mass is 329 g/mol. The van der Waals surface area contributed by atoms with E-state index in [4.69, 9.17) is 16.7 Å². The molecular formula is C15H20ClNO3S. The molecule has 1 unspecified atom stereocenters. The molecule has 1 aromatic rings. The molecule has 4 nitrogen and oxygen atoms in total. The van der Waals surface area contributed by atoms with Gasteiger partial charge in [-0.1, -0.05) is 18.5 Å². The highest BCUT2D eigenvalue weighted by Crippen LogP contribution is 2.19. The van der Waals surface area contributed by atoms with Crippen molar-refractivity contribution in [1.82, 2.24) is 5.32 Å². The average molecular weight is 330 g/mol. The smallest absolute Gasteiger partial charge is 0.303 e. The van der Waals surface area contributed by atoms with E-state index in [1.165, 1.54) is 11.8 Å². The van der Waals surface area contributed by atoms with Crippen molar-refractivity contribution in [3.05, 3.63) is 29.3 Å². The Morgan fingerprint density at radius 3 is 2.57 bits per heavy atom. The van der Waals surface area contributed by atoms with Crippen molar-refractivity contribution >= 4 is 35.2 Å². The minimum atomic E-state index is -0.773. The molecule has 21 heavy (non-hydrogen) atoms. The van der Waals surface area contributed by atoms with Crippen LogP contribution in [0, 0.1) is 5.92 Å². The molecule has 1 atom stereocenters. The van der Waals surface area contributed by atoms with Crippen LogP contribution in [0.15, 0.2) is 29.2 Å². The molecule has 2 N–H and O–H groups in total. The maximum Gasteiger partial charge on any atom is 0.303 e. The second-order valence-electron chi connectivity index (χ2n) is 4.92. The van der Waals surface area contributed by atoms with Crippen LogP contribution in [-0.4, -0.2) is 29.3 Å². The Labute approximate surface area is 134 Å². The number of carboxylic acid groups (broad SMARTS) is 1. The zero-order valence-electron chi connectivity index (χ0n) is 12.0. The number of carboxylic acids is 1. The van der Waals surface area contributed by atoms with Gasteiger partial charge in [-0.15, -0.1) is 11.8 Å². The summed E-state index contributed by atoms with van der Waals surface area (Å²) in [6.45, 7) is 2.58. The first-order chi connectivity index (χ1) is 9.97. The minimum absolute atomic E-state index is 0.0135. The summed E-state index contributed by atoms with van der Waals surface area (Å²) in [4.78, 5) is 23.1. The van der Waals surface area contributed by atoms with Gasteiger partial charge < -0.3 is 10.4 Å². The van der Waals surface area contributed by atoms with E-state index in [0.29, 0.717) is 29.7 Å². The van der Waals surface area contributed by atoms with Crippen LogP contribution in [0.2, 0.25) is 5.02 Å². The van der Waals surface area contributed by atoms with Crippen LogP contribution in [0.1, 0.15) is 26.2 Å². The molecule has 0 radical (unpaired) electrons. The summed E-state index contributed by atoms with van der Waals surface area (Å²) in [6.07, 6.45) is 1.62. The molecule has 0 aliphatic carbocycles. The number of aliphatic carboxylic acids is 1. The van der Waals surface area contributed by atoms with E-state index < -0.39 is 5.97 Å². The highest BCUT2D eigenvalue weighted by Gasteiger charge is 2.07. The molecule has 1 rings (SSSR count). The number of carbonyl (C=O) groups excluding carboxylic acids is 1. The third kappa shape index (κ3) is 8.63. The Hall–Kier alpha value is -1.20. The summed E-state index contributed by atoms with van der Waals surface area (Å²) >= 11 is 7.25. The van der Waals surface area contributed by atoms with Crippen LogP contribution in [0.4, 0.5) is 0 Å². The third-order valence-corrected chi connectivity index (χ3v) is 4.26. The highest BCUT2D eigenvalue weighted by atomic mass is 35.5. The fourth-order valence-corrected chi connectivity index (χ4v) is 2.56. The Morgan fingerprint density at radius 2 is 1.95 bits per heavy atom. The normalized spacial score (nSPS) is 11.9. The first kappa shape index (κ1) is 17.9. The largest absolute Gasteiger partial charge is 0.481 e. The second kappa shape index (κ2) is 9.68. The number of rotatable bonds is 9. The molecular weight excluding hydrogens is 310 g/mol. The standard InChI is InChI=1S/C15H20ClNO3S/c1-11(2-7-15(19)20)8-9-17-14(18)10-21-13-5-3-12(16)4-6-13/h3-6,11H,2,7-10H2,1H3,(H,17,18)(H,19,20). The van der Waals surface area contributed by atoms with Gasteiger partial charge in [0.2, 0.25) is 5.91 Å². The summed E-state index contributed by atoms with van der Waals surface area (Å²) in [7, 11) is 0. The van der Waals surface area contributed by atoms with Crippen LogP contribution in [-0.2, 0) is 9.59 Å². The van der Waals surface area contributed by atoms with Gasteiger partial charge in [0, 0.05) is 22.9 Å². The maximum absolute atomic E-state index is 11.7. The number of hydrogen-bond acceptors (Lipinski definition) is 3. The Kier molecular flexibility index (Phi) is 8.23. The van der Waals surface area contributed by atoms with Crippen molar-refractivity contribution in [2.75, 3.05) is 12.3 Å². The topological polar surface area (TPSA) is 66.4 Å². The lowest BCUT2D eigenvalue weighted by molar-refractivity contribution is -0.137. The van der Waals surface area contributed by atoms with Gasteiger partial charge in [-0.25, -0.2) is 0 Å². The molecule has 0 saturated heterocycles. The maximum atomic E-state index is 11.7.